The summed E-state index contributed by atoms with van der Waals surface area (Å²) >= 11 is 6.03. The lowest BCUT2D eigenvalue weighted by molar-refractivity contribution is 0.0690. The number of aryl methyl sites for hydroxylation is 1. The number of nitrogens with one attached hydrogen (secondary N) is 1. The fraction of sp³-hybridized carbons (Fsp3) is 0.154. The Morgan fingerprint density at radius 1 is 1.32 bits per heavy atom. The van der Waals surface area contributed by atoms with Gasteiger partial charge in [-0.2, -0.15) is 0 Å². The smallest absolute Gasteiger partial charge is 0.354 e. The molecule has 0 saturated heterocycles. The van der Waals surface area contributed by atoms with Crippen LogP contribution < -0.4 is 5.32 Å². The first-order valence-electron chi connectivity index (χ1n) is 5.58. The molecular weight excluding hydrogens is 266 g/mol. The maximum Gasteiger partial charge on any atom is 0.354 e. The molecule has 0 aliphatic heterocycles. The number of benzene rings is 1. The number of nitrogens with zero attached hydrogens (tertiary/aromatic N) is 2. The van der Waals surface area contributed by atoms with Gasteiger partial charge in [-0.05, 0) is 31.5 Å². The van der Waals surface area contributed by atoms with E-state index in [0.717, 1.165) is 11.3 Å². The van der Waals surface area contributed by atoms with Gasteiger partial charge in [-0.25, -0.2) is 14.8 Å². The van der Waals surface area contributed by atoms with Crippen LogP contribution in [-0.4, -0.2) is 21.0 Å². The van der Waals surface area contributed by atoms with E-state index in [9.17, 15) is 4.79 Å². The fourth-order valence-corrected chi connectivity index (χ4v) is 1.80. The number of aromatic carboxylic acids is 1. The molecule has 98 valence electrons. The van der Waals surface area contributed by atoms with Crippen LogP contribution in [-0.2, 0) is 0 Å². The lowest BCUT2D eigenvalue weighted by Crippen LogP contribution is -2.06. The number of rotatable bonds is 3. The average molecular weight is 278 g/mol. The minimum atomic E-state index is -1.09. The standard InChI is InChI=1S/C13H12ClN3O2/c1-7-9(14)4-3-5-10(7)17-12-6-11(13(18)19)15-8(2)16-12/h3-6H,1-2H3,(H,18,19)(H,15,16,17). The van der Waals surface area contributed by atoms with E-state index in [2.05, 4.69) is 15.3 Å². The van der Waals surface area contributed by atoms with Crippen molar-refractivity contribution in [2.45, 2.75) is 13.8 Å². The van der Waals surface area contributed by atoms with Crippen molar-refractivity contribution in [3.05, 3.63) is 46.4 Å². The summed E-state index contributed by atoms with van der Waals surface area (Å²) < 4.78 is 0. The zero-order valence-electron chi connectivity index (χ0n) is 10.4. The van der Waals surface area contributed by atoms with Crippen molar-refractivity contribution in [3.8, 4) is 0 Å². The van der Waals surface area contributed by atoms with Crippen LogP contribution in [0.15, 0.2) is 24.3 Å². The molecule has 0 spiro atoms. The zero-order valence-corrected chi connectivity index (χ0v) is 11.2. The second-order valence-corrected chi connectivity index (χ2v) is 4.44. The molecule has 0 bridgehead atoms. The molecule has 0 aliphatic rings. The van der Waals surface area contributed by atoms with E-state index < -0.39 is 5.97 Å². The van der Waals surface area contributed by atoms with Crippen molar-refractivity contribution in [2.75, 3.05) is 5.32 Å². The van der Waals surface area contributed by atoms with Gasteiger partial charge in [-0.15, -0.1) is 0 Å². The van der Waals surface area contributed by atoms with Crippen LogP contribution in [0.2, 0.25) is 5.02 Å². The summed E-state index contributed by atoms with van der Waals surface area (Å²) in [6, 6.07) is 6.83. The topological polar surface area (TPSA) is 75.1 Å². The van der Waals surface area contributed by atoms with Gasteiger partial charge in [-0.1, -0.05) is 17.7 Å². The third-order valence-electron chi connectivity index (χ3n) is 2.59. The predicted octanol–water partition coefficient (Wildman–Crippen LogP) is 3.19. The summed E-state index contributed by atoms with van der Waals surface area (Å²) in [5.41, 5.74) is 1.61. The third-order valence-corrected chi connectivity index (χ3v) is 3.00. The van der Waals surface area contributed by atoms with E-state index in [0.29, 0.717) is 16.7 Å². The molecule has 2 rings (SSSR count). The van der Waals surface area contributed by atoms with Crippen LogP contribution in [0.3, 0.4) is 0 Å². The Morgan fingerprint density at radius 3 is 2.74 bits per heavy atom. The number of hydrogen-bond acceptors (Lipinski definition) is 4. The monoisotopic (exact) mass is 277 g/mol. The summed E-state index contributed by atoms with van der Waals surface area (Å²) in [5, 5.41) is 12.6. The fourth-order valence-electron chi connectivity index (χ4n) is 1.62. The van der Waals surface area contributed by atoms with Gasteiger partial charge in [0.15, 0.2) is 5.69 Å². The molecule has 0 fully saturated rings. The molecule has 0 atom stereocenters. The van der Waals surface area contributed by atoms with Crippen molar-refractivity contribution < 1.29 is 9.90 Å². The van der Waals surface area contributed by atoms with Crippen LogP contribution in [0.25, 0.3) is 0 Å². The Bertz CT molecular complexity index is 644. The highest BCUT2D eigenvalue weighted by atomic mass is 35.5. The molecule has 5 nitrogen and oxygen atoms in total. The first-order valence-corrected chi connectivity index (χ1v) is 5.96. The van der Waals surface area contributed by atoms with E-state index >= 15 is 0 Å². The van der Waals surface area contributed by atoms with Crippen LogP contribution >= 0.6 is 11.6 Å². The number of carboxylic acid groups (broad SMARTS) is 1. The summed E-state index contributed by atoms with van der Waals surface area (Å²) in [5.74, 6) is -0.270. The zero-order chi connectivity index (χ0) is 14.0. The number of carbonyl (C=O) groups is 1. The molecule has 6 heteroatoms. The summed E-state index contributed by atoms with van der Waals surface area (Å²) in [6.07, 6.45) is 0. The molecular formula is C13H12ClN3O2. The molecule has 0 amide bonds. The minimum Gasteiger partial charge on any atom is -0.477 e. The Kier molecular flexibility index (Phi) is 3.66. The molecule has 0 radical (unpaired) electrons. The Morgan fingerprint density at radius 2 is 2.05 bits per heavy atom. The van der Waals surface area contributed by atoms with E-state index in [-0.39, 0.29) is 5.69 Å². The van der Waals surface area contributed by atoms with E-state index in [4.69, 9.17) is 16.7 Å². The van der Waals surface area contributed by atoms with Crippen molar-refractivity contribution >= 4 is 29.1 Å². The first-order chi connectivity index (χ1) is 8.97. The van der Waals surface area contributed by atoms with Gasteiger partial charge in [0.25, 0.3) is 0 Å². The first kappa shape index (κ1) is 13.3. The van der Waals surface area contributed by atoms with Gasteiger partial charge in [0, 0.05) is 16.8 Å². The number of hydrogen-bond donors (Lipinski definition) is 2. The molecule has 0 aliphatic carbocycles. The van der Waals surface area contributed by atoms with E-state index in [1.807, 2.05) is 19.1 Å². The second kappa shape index (κ2) is 5.24. The van der Waals surface area contributed by atoms with Crippen LogP contribution in [0.1, 0.15) is 21.9 Å². The number of carboxylic acids is 1. The second-order valence-electron chi connectivity index (χ2n) is 4.03. The van der Waals surface area contributed by atoms with Gasteiger partial charge in [0.1, 0.15) is 11.6 Å². The van der Waals surface area contributed by atoms with Gasteiger partial charge in [0.2, 0.25) is 0 Å². The number of aromatic nitrogens is 2. The molecule has 2 N–H and O–H groups in total. The molecule has 1 heterocycles. The lowest BCUT2D eigenvalue weighted by Gasteiger charge is -2.10. The normalized spacial score (nSPS) is 10.3. The largest absolute Gasteiger partial charge is 0.477 e. The molecule has 1 aromatic carbocycles. The maximum absolute atomic E-state index is 10.9. The number of halogens is 1. The Balaban J connectivity index is 2.38. The third kappa shape index (κ3) is 3.00. The maximum atomic E-state index is 10.9. The van der Waals surface area contributed by atoms with Crippen molar-refractivity contribution in [1.29, 1.82) is 0 Å². The van der Waals surface area contributed by atoms with E-state index in [1.54, 1.807) is 13.0 Å². The summed E-state index contributed by atoms with van der Waals surface area (Å²) in [6.45, 7) is 3.51. The lowest BCUT2D eigenvalue weighted by atomic mass is 10.2. The Labute approximate surface area is 115 Å². The quantitative estimate of drug-likeness (QED) is 0.901. The molecule has 19 heavy (non-hydrogen) atoms. The number of anilines is 2. The molecule has 2 aromatic rings. The summed E-state index contributed by atoms with van der Waals surface area (Å²) in [4.78, 5) is 18.9. The van der Waals surface area contributed by atoms with Crippen molar-refractivity contribution in [3.63, 3.8) is 0 Å². The molecule has 0 saturated carbocycles. The SMILES string of the molecule is Cc1nc(Nc2cccc(Cl)c2C)cc(C(=O)O)n1. The van der Waals surface area contributed by atoms with Gasteiger partial charge in [-0.3, -0.25) is 0 Å². The van der Waals surface area contributed by atoms with Gasteiger partial charge >= 0.3 is 5.97 Å². The van der Waals surface area contributed by atoms with Gasteiger partial charge in [0.05, 0.1) is 0 Å². The minimum absolute atomic E-state index is 0.0466. The highest BCUT2D eigenvalue weighted by Crippen LogP contribution is 2.25. The highest BCUT2D eigenvalue weighted by Gasteiger charge is 2.09. The molecule has 1 aromatic heterocycles. The van der Waals surface area contributed by atoms with Crippen LogP contribution in [0.5, 0.6) is 0 Å². The Hall–Kier alpha value is -2.14. The highest BCUT2D eigenvalue weighted by molar-refractivity contribution is 6.31. The van der Waals surface area contributed by atoms with Crippen molar-refractivity contribution in [2.24, 2.45) is 0 Å². The average Bonchev–Trinajstić information content (AvgIpc) is 2.34. The molecule has 0 unspecified atom stereocenters. The van der Waals surface area contributed by atoms with Crippen LogP contribution in [0, 0.1) is 13.8 Å². The van der Waals surface area contributed by atoms with Crippen molar-refractivity contribution in [1.82, 2.24) is 9.97 Å². The van der Waals surface area contributed by atoms with Crippen LogP contribution in [0.4, 0.5) is 11.5 Å². The van der Waals surface area contributed by atoms with E-state index in [1.165, 1.54) is 6.07 Å². The van der Waals surface area contributed by atoms with Gasteiger partial charge < -0.3 is 10.4 Å². The predicted molar refractivity (Wildman–Crippen MR) is 73.2 cm³/mol. The summed E-state index contributed by atoms with van der Waals surface area (Å²) in [7, 11) is 0.